The fraction of sp³-hybridized carbons (Fsp3) is 0.423. The van der Waals surface area contributed by atoms with E-state index in [4.69, 9.17) is 9.84 Å². The van der Waals surface area contributed by atoms with Gasteiger partial charge in [0.25, 0.3) is 0 Å². The van der Waals surface area contributed by atoms with Gasteiger partial charge in [-0.25, -0.2) is 4.79 Å². The Morgan fingerprint density at radius 1 is 1.03 bits per heavy atom. The predicted octanol–water partition coefficient (Wildman–Crippen LogP) is 7.11. The maximum atomic E-state index is 11.9. The van der Waals surface area contributed by atoms with Gasteiger partial charge in [0.15, 0.2) is 0 Å². The van der Waals surface area contributed by atoms with Crippen molar-refractivity contribution in [3.63, 3.8) is 0 Å². The number of benzene rings is 2. The van der Waals surface area contributed by atoms with Gasteiger partial charge in [-0.3, -0.25) is 0 Å². The molecule has 2 aromatic rings. The second-order valence-corrected chi connectivity index (χ2v) is 7.56. The largest absolute Gasteiger partial charge is 0.458 e. The Bertz CT molecular complexity index is 756. The van der Waals surface area contributed by atoms with Crippen LogP contribution >= 0.6 is 22.6 Å². The lowest BCUT2D eigenvalue weighted by atomic mass is 10.1. The molecule has 1 saturated carbocycles. The standard InChI is InChI=1S/C19H20INO3.C3H6.2C2H6/c1-14(11-19(23)24-13-16-5-3-2-4-6-16)21-18-8-7-15(9-10-22)12-17(18)20;1-2-3-1;2*1-2/h2-8,11-12,21-22H,9-10,13H2,1H3;1-3H2;2*1-2H3/b14-11+;;;. The van der Waals surface area contributed by atoms with Gasteiger partial charge in [-0.15, -0.1) is 0 Å². The Balaban J connectivity index is 0.00000112. The molecule has 172 valence electrons. The first-order valence-electron chi connectivity index (χ1n) is 11.1. The van der Waals surface area contributed by atoms with Crippen LogP contribution in [0.2, 0.25) is 0 Å². The van der Waals surface area contributed by atoms with Crippen LogP contribution in [0.3, 0.4) is 0 Å². The number of halogens is 1. The first-order valence-corrected chi connectivity index (χ1v) is 12.2. The summed E-state index contributed by atoms with van der Waals surface area (Å²) in [7, 11) is 0. The van der Waals surface area contributed by atoms with Crippen molar-refractivity contribution in [2.24, 2.45) is 0 Å². The Kier molecular flexibility index (Phi) is 17.7. The highest BCUT2D eigenvalue weighted by atomic mass is 127. The van der Waals surface area contributed by atoms with Gasteiger partial charge in [0.1, 0.15) is 6.61 Å². The summed E-state index contributed by atoms with van der Waals surface area (Å²) in [5.74, 6) is -0.379. The molecule has 3 rings (SSSR count). The summed E-state index contributed by atoms with van der Waals surface area (Å²) < 4.78 is 6.26. The smallest absolute Gasteiger partial charge is 0.332 e. The number of ether oxygens (including phenoxy) is 1. The van der Waals surface area contributed by atoms with E-state index >= 15 is 0 Å². The lowest BCUT2D eigenvalue weighted by Gasteiger charge is -2.10. The second-order valence-electron chi connectivity index (χ2n) is 6.39. The number of aliphatic hydroxyl groups is 1. The van der Waals surface area contributed by atoms with Crippen LogP contribution in [0.1, 0.15) is 65.0 Å². The molecule has 5 heteroatoms. The van der Waals surface area contributed by atoms with Gasteiger partial charge in [0.05, 0.1) is 5.69 Å². The molecule has 4 nitrogen and oxygen atoms in total. The van der Waals surface area contributed by atoms with Gasteiger partial charge < -0.3 is 15.2 Å². The molecule has 0 unspecified atom stereocenters. The van der Waals surface area contributed by atoms with E-state index in [1.54, 1.807) is 0 Å². The number of carbonyl (C=O) groups is 1. The van der Waals surface area contributed by atoms with Gasteiger partial charge in [0, 0.05) is 22.0 Å². The van der Waals surface area contributed by atoms with Crippen LogP contribution in [-0.2, 0) is 22.6 Å². The maximum absolute atomic E-state index is 11.9. The fourth-order valence-electron chi connectivity index (χ4n) is 2.14. The summed E-state index contributed by atoms with van der Waals surface area (Å²) in [6, 6.07) is 15.5. The van der Waals surface area contributed by atoms with E-state index in [-0.39, 0.29) is 19.2 Å². The normalized spacial score (nSPS) is 11.4. The van der Waals surface area contributed by atoms with Crippen molar-refractivity contribution in [1.29, 1.82) is 0 Å². The predicted molar refractivity (Wildman–Crippen MR) is 140 cm³/mol. The van der Waals surface area contributed by atoms with Gasteiger partial charge in [-0.1, -0.05) is 83.4 Å². The van der Waals surface area contributed by atoms with Crippen LogP contribution in [-0.4, -0.2) is 17.7 Å². The molecule has 0 atom stereocenters. The quantitative estimate of drug-likeness (QED) is 0.224. The molecule has 0 radical (unpaired) electrons. The molecule has 0 heterocycles. The van der Waals surface area contributed by atoms with Crippen molar-refractivity contribution >= 4 is 34.2 Å². The summed E-state index contributed by atoms with van der Waals surface area (Å²) >= 11 is 2.23. The van der Waals surface area contributed by atoms with Gasteiger partial charge >= 0.3 is 5.97 Å². The van der Waals surface area contributed by atoms with Gasteiger partial charge in [0.2, 0.25) is 0 Å². The summed E-state index contributed by atoms with van der Waals surface area (Å²) in [5, 5.41) is 12.2. The molecule has 0 bridgehead atoms. The van der Waals surface area contributed by atoms with Crippen LogP contribution in [0.5, 0.6) is 0 Å². The van der Waals surface area contributed by atoms with E-state index in [0.717, 1.165) is 20.4 Å². The molecule has 0 saturated heterocycles. The van der Waals surface area contributed by atoms with Crippen molar-refractivity contribution < 1.29 is 14.6 Å². The lowest BCUT2D eigenvalue weighted by Crippen LogP contribution is -2.05. The van der Waals surface area contributed by atoms with E-state index in [1.807, 2.05) is 83.1 Å². The number of anilines is 1. The van der Waals surface area contributed by atoms with Crippen molar-refractivity contribution in [2.75, 3.05) is 11.9 Å². The van der Waals surface area contributed by atoms with Crippen LogP contribution in [0, 0.1) is 3.57 Å². The summed E-state index contributed by atoms with van der Waals surface area (Å²) in [6.45, 7) is 10.2. The fourth-order valence-corrected chi connectivity index (χ4v) is 2.85. The first-order chi connectivity index (χ1) is 15.1. The Morgan fingerprint density at radius 2 is 1.65 bits per heavy atom. The molecule has 0 aliphatic heterocycles. The minimum atomic E-state index is -0.379. The summed E-state index contributed by atoms with van der Waals surface area (Å²) in [5.41, 5.74) is 3.66. The number of hydrogen-bond acceptors (Lipinski definition) is 4. The molecule has 0 aromatic heterocycles. The lowest BCUT2D eigenvalue weighted by molar-refractivity contribution is -0.139. The molecule has 2 aromatic carbocycles. The molecule has 2 N–H and O–H groups in total. The Hall–Kier alpha value is -1.86. The maximum Gasteiger partial charge on any atom is 0.332 e. The second kappa shape index (κ2) is 18.9. The van der Waals surface area contributed by atoms with Gasteiger partial charge in [-0.05, 0) is 59.2 Å². The van der Waals surface area contributed by atoms with Crippen molar-refractivity contribution in [3.05, 3.63) is 75.0 Å². The van der Waals surface area contributed by atoms with Crippen LogP contribution < -0.4 is 5.32 Å². The number of hydrogen-bond donors (Lipinski definition) is 2. The zero-order chi connectivity index (χ0) is 23.5. The number of rotatable bonds is 7. The molecule has 31 heavy (non-hydrogen) atoms. The van der Waals surface area contributed by atoms with E-state index < -0.39 is 0 Å². The number of aliphatic hydroxyl groups excluding tert-OH is 1. The van der Waals surface area contributed by atoms with Gasteiger partial charge in [-0.2, -0.15) is 0 Å². The first kappa shape index (κ1) is 29.1. The topological polar surface area (TPSA) is 58.6 Å². The minimum absolute atomic E-state index is 0.134. The van der Waals surface area contributed by atoms with Crippen LogP contribution in [0.25, 0.3) is 0 Å². The molecule has 0 amide bonds. The number of nitrogens with one attached hydrogen (secondary N) is 1. The van der Waals surface area contributed by atoms with Crippen LogP contribution in [0.15, 0.2) is 60.3 Å². The number of carbonyl (C=O) groups excluding carboxylic acids is 1. The van der Waals surface area contributed by atoms with Crippen molar-refractivity contribution in [3.8, 4) is 0 Å². The Morgan fingerprint density at radius 3 is 2.16 bits per heavy atom. The average Bonchev–Trinajstić information content (AvgIpc) is 3.68. The summed E-state index contributed by atoms with van der Waals surface area (Å²) in [4.78, 5) is 11.9. The zero-order valence-corrected chi connectivity index (χ0v) is 21.7. The molecular formula is C26H38INO3. The molecule has 1 aliphatic carbocycles. The van der Waals surface area contributed by atoms with Crippen LogP contribution in [0.4, 0.5) is 5.69 Å². The third kappa shape index (κ3) is 14.7. The third-order valence-electron chi connectivity index (χ3n) is 3.68. The molecular weight excluding hydrogens is 501 g/mol. The van der Waals surface area contributed by atoms with E-state index in [1.165, 1.54) is 25.3 Å². The Labute approximate surface area is 202 Å². The third-order valence-corrected chi connectivity index (χ3v) is 4.57. The van der Waals surface area contributed by atoms with E-state index in [0.29, 0.717) is 12.1 Å². The number of allylic oxidation sites excluding steroid dienone is 1. The highest BCUT2D eigenvalue weighted by Gasteiger charge is 2.04. The zero-order valence-electron chi connectivity index (χ0n) is 19.6. The highest BCUT2D eigenvalue weighted by Crippen LogP contribution is 2.21. The monoisotopic (exact) mass is 539 g/mol. The van der Waals surface area contributed by atoms with E-state index in [2.05, 4.69) is 27.9 Å². The van der Waals surface area contributed by atoms with E-state index in [9.17, 15) is 4.79 Å². The minimum Gasteiger partial charge on any atom is -0.458 e. The number of esters is 1. The molecule has 0 spiro atoms. The highest BCUT2D eigenvalue weighted by molar-refractivity contribution is 14.1. The molecule has 1 aliphatic rings. The summed E-state index contributed by atoms with van der Waals surface area (Å²) in [6.07, 6.45) is 6.58. The van der Waals surface area contributed by atoms with Crippen molar-refractivity contribution in [1.82, 2.24) is 0 Å². The molecule has 1 fully saturated rings. The van der Waals surface area contributed by atoms with Crippen molar-refractivity contribution in [2.45, 2.75) is 66.9 Å². The SMILES string of the molecule is C/C(=C\C(=O)OCc1ccccc1)Nc1ccc(CCO)cc1I.C1CC1.CC.CC. The average molecular weight is 539 g/mol.